The average Bonchev–Trinajstić information content (AvgIpc) is 2.17. The Balaban J connectivity index is 2.44. The van der Waals surface area contributed by atoms with Crippen molar-refractivity contribution in [3.8, 4) is 0 Å². The van der Waals surface area contributed by atoms with Crippen molar-refractivity contribution in [1.82, 2.24) is 0 Å². The summed E-state index contributed by atoms with van der Waals surface area (Å²) in [4.78, 5) is 0. The van der Waals surface area contributed by atoms with Crippen LogP contribution in [0, 0.1) is 0 Å². The van der Waals surface area contributed by atoms with Crippen LogP contribution in [-0.4, -0.2) is 19.9 Å². The van der Waals surface area contributed by atoms with Gasteiger partial charge < -0.3 is 10.5 Å². The molecule has 1 aliphatic rings. The first-order valence-corrected chi connectivity index (χ1v) is 2.69. The molecule has 1 heterocycles. The van der Waals surface area contributed by atoms with Gasteiger partial charge in [0.05, 0.1) is 12.3 Å². The Morgan fingerprint density at radius 3 is 3.11 bits per heavy atom. The molecule has 0 saturated heterocycles. The van der Waals surface area contributed by atoms with Crippen LogP contribution in [0.5, 0.6) is 0 Å². The maximum absolute atomic E-state index is 5.36. The molecule has 0 bridgehead atoms. The summed E-state index contributed by atoms with van der Waals surface area (Å²) in [5.41, 5.74) is 6.17. The number of rotatable bonds is 2. The summed E-state index contributed by atoms with van der Waals surface area (Å²) in [5, 5.41) is 7.41. The smallest absolute Gasteiger partial charge is 0.139 e. The van der Waals surface area contributed by atoms with E-state index in [1.807, 2.05) is 0 Å². The van der Waals surface area contributed by atoms with Gasteiger partial charge in [0.2, 0.25) is 0 Å². The molecule has 0 amide bonds. The van der Waals surface area contributed by atoms with Crippen LogP contribution < -0.4 is 5.73 Å². The van der Waals surface area contributed by atoms with Gasteiger partial charge >= 0.3 is 0 Å². The van der Waals surface area contributed by atoms with Crippen LogP contribution in [-0.2, 0) is 4.74 Å². The maximum Gasteiger partial charge on any atom is 0.139 e. The van der Waals surface area contributed by atoms with Gasteiger partial charge in [-0.25, -0.2) is 0 Å². The second-order valence-electron chi connectivity index (χ2n) is 1.80. The Bertz CT molecular complexity index is 152. The highest BCUT2D eigenvalue weighted by Gasteiger charge is 2.05. The Kier molecular flexibility index (Phi) is 1.92. The highest BCUT2D eigenvalue weighted by atomic mass is 16.5. The third-order valence-electron chi connectivity index (χ3n) is 0.975. The van der Waals surface area contributed by atoms with Gasteiger partial charge in [-0.3, -0.25) is 0 Å². The van der Waals surface area contributed by atoms with E-state index in [1.54, 1.807) is 13.2 Å². The molecule has 1 rings (SSSR count). The van der Waals surface area contributed by atoms with Crippen LogP contribution in [0.2, 0.25) is 0 Å². The first-order chi connectivity index (χ1) is 4.33. The molecule has 4 heteroatoms. The quantitative estimate of drug-likeness (QED) is 0.578. The number of hydrogen-bond acceptors (Lipinski definition) is 4. The van der Waals surface area contributed by atoms with Gasteiger partial charge in [0.1, 0.15) is 6.17 Å². The first kappa shape index (κ1) is 6.38. The highest BCUT2D eigenvalue weighted by molar-refractivity contribution is 5.07. The van der Waals surface area contributed by atoms with Crippen LogP contribution in [0.4, 0.5) is 0 Å². The van der Waals surface area contributed by atoms with Gasteiger partial charge in [0, 0.05) is 7.11 Å². The third-order valence-corrected chi connectivity index (χ3v) is 0.975. The van der Waals surface area contributed by atoms with E-state index in [1.165, 1.54) is 0 Å². The van der Waals surface area contributed by atoms with Crippen LogP contribution >= 0.6 is 0 Å². The molecule has 0 aliphatic carbocycles. The Labute approximate surface area is 53.4 Å². The van der Waals surface area contributed by atoms with E-state index in [2.05, 4.69) is 10.2 Å². The Morgan fingerprint density at radius 2 is 2.67 bits per heavy atom. The van der Waals surface area contributed by atoms with Crippen molar-refractivity contribution in [2.75, 3.05) is 13.7 Å². The monoisotopic (exact) mass is 127 g/mol. The largest absolute Gasteiger partial charge is 0.378 e. The SMILES string of the molecule is COCC1=C[C@@H](N)N=N1. The van der Waals surface area contributed by atoms with Crippen LogP contribution in [0.3, 0.4) is 0 Å². The van der Waals surface area contributed by atoms with Crippen molar-refractivity contribution < 1.29 is 4.74 Å². The predicted octanol–water partition coefficient (Wildman–Crippen LogP) is 0.267. The lowest BCUT2D eigenvalue weighted by Gasteiger charge is -1.90. The van der Waals surface area contributed by atoms with Crippen LogP contribution in [0.25, 0.3) is 0 Å². The van der Waals surface area contributed by atoms with E-state index in [-0.39, 0.29) is 6.17 Å². The van der Waals surface area contributed by atoms with E-state index < -0.39 is 0 Å². The van der Waals surface area contributed by atoms with Crippen molar-refractivity contribution in [3.63, 3.8) is 0 Å². The van der Waals surface area contributed by atoms with Gasteiger partial charge in [0.15, 0.2) is 0 Å². The van der Waals surface area contributed by atoms with Crippen LogP contribution in [0.1, 0.15) is 0 Å². The van der Waals surface area contributed by atoms with E-state index in [9.17, 15) is 0 Å². The fraction of sp³-hybridized carbons (Fsp3) is 0.600. The minimum absolute atomic E-state index is 0.254. The topological polar surface area (TPSA) is 60.0 Å². The summed E-state index contributed by atoms with van der Waals surface area (Å²) in [5.74, 6) is 0. The zero-order valence-electron chi connectivity index (χ0n) is 5.24. The third kappa shape index (κ3) is 1.58. The molecule has 0 aromatic carbocycles. The van der Waals surface area contributed by atoms with Crippen molar-refractivity contribution in [2.24, 2.45) is 16.0 Å². The molecule has 0 saturated carbocycles. The molecular formula is C5H9N3O. The van der Waals surface area contributed by atoms with Crippen molar-refractivity contribution >= 4 is 0 Å². The van der Waals surface area contributed by atoms with Crippen molar-refractivity contribution in [3.05, 3.63) is 11.8 Å². The molecule has 0 spiro atoms. The van der Waals surface area contributed by atoms with Crippen LogP contribution in [0.15, 0.2) is 22.0 Å². The molecule has 0 unspecified atom stereocenters. The summed E-state index contributed by atoms with van der Waals surface area (Å²) in [6.45, 7) is 0.497. The predicted molar refractivity (Wildman–Crippen MR) is 32.8 cm³/mol. The lowest BCUT2D eigenvalue weighted by molar-refractivity contribution is 0.225. The van der Waals surface area contributed by atoms with Crippen molar-refractivity contribution in [1.29, 1.82) is 0 Å². The zero-order valence-corrected chi connectivity index (χ0v) is 5.24. The number of nitrogens with two attached hydrogens (primary N) is 1. The fourth-order valence-corrected chi connectivity index (χ4v) is 0.629. The number of ether oxygens (including phenoxy) is 1. The molecule has 1 atom stereocenters. The molecule has 9 heavy (non-hydrogen) atoms. The van der Waals surface area contributed by atoms with Gasteiger partial charge in [-0.05, 0) is 6.08 Å². The molecule has 2 N–H and O–H groups in total. The second kappa shape index (κ2) is 2.70. The van der Waals surface area contributed by atoms with E-state index >= 15 is 0 Å². The maximum atomic E-state index is 5.36. The molecule has 0 radical (unpaired) electrons. The van der Waals surface area contributed by atoms with E-state index in [0.717, 1.165) is 5.70 Å². The summed E-state index contributed by atoms with van der Waals surface area (Å²) in [6.07, 6.45) is 1.51. The van der Waals surface area contributed by atoms with Gasteiger partial charge in [0.25, 0.3) is 0 Å². The molecule has 1 aliphatic heterocycles. The number of methoxy groups -OCH3 is 1. The lowest BCUT2D eigenvalue weighted by atomic mass is 10.4. The van der Waals surface area contributed by atoms with E-state index in [0.29, 0.717) is 6.61 Å². The molecule has 0 aromatic heterocycles. The summed E-state index contributed by atoms with van der Waals surface area (Å²) >= 11 is 0. The first-order valence-electron chi connectivity index (χ1n) is 2.69. The fourth-order valence-electron chi connectivity index (χ4n) is 0.629. The standard InChI is InChI=1S/C5H9N3O/c1-9-3-4-2-5(6)8-7-4/h2,5H,3,6H2,1H3/t5-/m0/s1. The number of nitrogens with zero attached hydrogens (tertiary/aromatic N) is 2. The lowest BCUT2D eigenvalue weighted by Crippen LogP contribution is -2.10. The minimum atomic E-state index is -0.254. The molecule has 4 nitrogen and oxygen atoms in total. The van der Waals surface area contributed by atoms with Gasteiger partial charge in [-0.1, -0.05) is 0 Å². The number of azo groups is 1. The summed E-state index contributed by atoms with van der Waals surface area (Å²) < 4.78 is 4.80. The zero-order chi connectivity index (χ0) is 6.69. The van der Waals surface area contributed by atoms with Gasteiger partial charge in [-0.15, -0.1) is 0 Å². The number of hydrogen-bond donors (Lipinski definition) is 1. The normalized spacial score (nSPS) is 24.7. The molecular weight excluding hydrogens is 118 g/mol. The molecule has 0 fully saturated rings. The Hall–Kier alpha value is -0.740. The second-order valence-corrected chi connectivity index (χ2v) is 1.80. The summed E-state index contributed by atoms with van der Waals surface area (Å²) in [7, 11) is 1.61. The minimum Gasteiger partial charge on any atom is -0.378 e. The van der Waals surface area contributed by atoms with E-state index in [4.69, 9.17) is 10.5 Å². The average molecular weight is 127 g/mol. The Morgan fingerprint density at radius 1 is 1.89 bits per heavy atom. The molecule has 0 aromatic rings. The highest BCUT2D eigenvalue weighted by Crippen LogP contribution is 2.07. The summed E-state index contributed by atoms with van der Waals surface area (Å²) in [6, 6.07) is 0. The molecule has 50 valence electrons. The van der Waals surface area contributed by atoms with Gasteiger partial charge in [-0.2, -0.15) is 10.2 Å². The van der Waals surface area contributed by atoms with Crippen molar-refractivity contribution in [2.45, 2.75) is 6.17 Å².